The van der Waals surface area contributed by atoms with Gasteiger partial charge in [0.25, 0.3) is 0 Å². The van der Waals surface area contributed by atoms with Crippen molar-refractivity contribution in [3.05, 3.63) is 48.0 Å². The van der Waals surface area contributed by atoms with Crippen LogP contribution in [-0.2, 0) is 10.2 Å². The van der Waals surface area contributed by atoms with Gasteiger partial charge in [-0.25, -0.2) is 0 Å². The molecule has 0 unspecified atom stereocenters. The standard InChI is InChI=1S/C18H19NO4/c1-18(2,12-4-7-14(21-3)8-5-12)17(20)19-13-6-9-15-16(10-13)23-11-22-15/h4-10H,11H2,1-3H3,(H,19,20). The minimum Gasteiger partial charge on any atom is -0.497 e. The van der Waals surface area contributed by atoms with Gasteiger partial charge in [0.05, 0.1) is 12.5 Å². The summed E-state index contributed by atoms with van der Waals surface area (Å²) in [6.07, 6.45) is 0. The molecule has 0 bridgehead atoms. The van der Waals surface area contributed by atoms with Crippen molar-refractivity contribution < 1.29 is 19.0 Å². The van der Waals surface area contributed by atoms with Crippen LogP contribution < -0.4 is 19.5 Å². The first-order chi connectivity index (χ1) is 11.0. The smallest absolute Gasteiger partial charge is 0.234 e. The van der Waals surface area contributed by atoms with Gasteiger partial charge in [-0.1, -0.05) is 12.1 Å². The summed E-state index contributed by atoms with van der Waals surface area (Å²) in [4.78, 5) is 12.7. The zero-order chi connectivity index (χ0) is 16.4. The van der Waals surface area contributed by atoms with Crippen molar-refractivity contribution in [2.24, 2.45) is 0 Å². The lowest BCUT2D eigenvalue weighted by atomic mass is 9.83. The van der Waals surface area contributed by atoms with Crippen LogP contribution in [0.2, 0.25) is 0 Å². The van der Waals surface area contributed by atoms with Crippen LogP contribution in [0.1, 0.15) is 19.4 Å². The first-order valence-electron chi connectivity index (χ1n) is 7.36. The van der Waals surface area contributed by atoms with Crippen LogP contribution in [-0.4, -0.2) is 19.8 Å². The van der Waals surface area contributed by atoms with Crippen LogP contribution >= 0.6 is 0 Å². The molecule has 2 aromatic rings. The van der Waals surface area contributed by atoms with Crippen molar-refractivity contribution in [1.29, 1.82) is 0 Å². The van der Waals surface area contributed by atoms with E-state index in [1.165, 1.54) is 0 Å². The zero-order valence-electron chi connectivity index (χ0n) is 13.4. The lowest BCUT2D eigenvalue weighted by molar-refractivity contribution is -0.120. The number of nitrogens with one attached hydrogen (secondary N) is 1. The molecule has 1 aliphatic heterocycles. The largest absolute Gasteiger partial charge is 0.497 e. The van der Waals surface area contributed by atoms with Crippen LogP contribution in [0.15, 0.2) is 42.5 Å². The minimum absolute atomic E-state index is 0.0958. The third kappa shape index (κ3) is 2.95. The zero-order valence-corrected chi connectivity index (χ0v) is 13.4. The Morgan fingerprint density at radius 2 is 1.78 bits per heavy atom. The summed E-state index contributed by atoms with van der Waals surface area (Å²) >= 11 is 0. The number of amides is 1. The molecular weight excluding hydrogens is 294 g/mol. The van der Waals surface area contributed by atoms with E-state index in [0.29, 0.717) is 17.2 Å². The van der Waals surface area contributed by atoms with Crippen molar-refractivity contribution >= 4 is 11.6 Å². The molecule has 0 aliphatic carbocycles. The second kappa shape index (κ2) is 5.83. The average Bonchev–Trinajstić information content (AvgIpc) is 3.02. The molecule has 0 saturated carbocycles. The monoisotopic (exact) mass is 313 g/mol. The van der Waals surface area contributed by atoms with Gasteiger partial charge in [0.2, 0.25) is 12.7 Å². The van der Waals surface area contributed by atoms with Crippen molar-refractivity contribution in [3.8, 4) is 17.2 Å². The summed E-state index contributed by atoms with van der Waals surface area (Å²) < 4.78 is 15.8. The van der Waals surface area contributed by atoms with E-state index in [-0.39, 0.29) is 12.7 Å². The number of methoxy groups -OCH3 is 1. The van der Waals surface area contributed by atoms with E-state index in [1.54, 1.807) is 25.3 Å². The van der Waals surface area contributed by atoms with Gasteiger partial charge in [-0.15, -0.1) is 0 Å². The molecule has 0 atom stereocenters. The van der Waals surface area contributed by atoms with Gasteiger partial charge in [0.1, 0.15) is 5.75 Å². The lowest BCUT2D eigenvalue weighted by Gasteiger charge is -2.24. The molecule has 1 heterocycles. The van der Waals surface area contributed by atoms with E-state index < -0.39 is 5.41 Å². The van der Waals surface area contributed by atoms with E-state index >= 15 is 0 Å². The molecule has 3 rings (SSSR count). The number of hydrogen-bond acceptors (Lipinski definition) is 4. The molecule has 0 radical (unpaired) electrons. The topological polar surface area (TPSA) is 56.8 Å². The summed E-state index contributed by atoms with van der Waals surface area (Å²) in [5.41, 5.74) is 0.917. The highest BCUT2D eigenvalue weighted by atomic mass is 16.7. The van der Waals surface area contributed by atoms with Crippen molar-refractivity contribution in [2.75, 3.05) is 19.2 Å². The normalized spacial score (nSPS) is 12.8. The van der Waals surface area contributed by atoms with Crippen LogP contribution in [0.4, 0.5) is 5.69 Å². The Morgan fingerprint density at radius 3 is 2.48 bits per heavy atom. The summed E-state index contributed by atoms with van der Waals surface area (Å²) in [5.74, 6) is 2.00. The maximum atomic E-state index is 12.7. The van der Waals surface area contributed by atoms with Crippen molar-refractivity contribution in [1.82, 2.24) is 0 Å². The van der Waals surface area contributed by atoms with Crippen LogP contribution in [0.3, 0.4) is 0 Å². The molecule has 1 N–H and O–H groups in total. The Labute approximate surface area is 135 Å². The molecule has 0 saturated heterocycles. The molecule has 120 valence electrons. The number of hydrogen-bond donors (Lipinski definition) is 1. The first-order valence-corrected chi connectivity index (χ1v) is 7.36. The number of fused-ring (bicyclic) bond motifs is 1. The maximum absolute atomic E-state index is 12.7. The Balaban J connectivity index is 1.78. The fourth-order valence-corrected chi connectivity index (χ4v) is 2.40. The molecule has 0 aromatic heterocycles. The highest BCUT2D eigenvalue weighted by Crippen LogP contribution is 2.35. The number of anilines is 1. The van der Waals surface area contributed by atoms with Gasteiger partial charge in [0, 0.05) is 11.8 Å². The molecule has 1 amide bonds. The van der Waals surface area contributed by atoms with Gasteiger partial charge < -0.3 is 19.5 Å². The lowest BCUT2D eigenvalue weighted by Crippen LogP contribution is -2.34. The molecule has 23 heavy (non-hydrogen) atoms. The summed E-state index contributed by atoms with van der Waals surface area (Å²) in [6.45, 7) is 3.98. The summed E-state index contributed by atoms with van der Waals surface area (Å²) in [5, 5.41) is 2.93. The third-order valence-electron chi connectivity index (χ3n) is 4.01. The number of rotatable bonds is 4. The SMILES string of the molecule is COc1ccc(C(C)(C)C(=O)Nc2ccc3c(c2)OCO3)cc1. The fraction of sp³-hybridized carbons (Fsp3) is 0.278. The first kappa shape index (κ1) is 15.2. The number of carbonyl (C=O) groups is 1. The molecule has 2 aromatic carbocycles. The van der Waals surface area contributed by atoms with E-state index in [9.17, 15) is 4.79 Å². The van der Waals surface area contributed by atoms with E-state index in [1.807, 2.05) is 38.1 Å². The molecule has 5 heteroatoms. The number of ether oxygens (including phenoxy) is 3. The molecule has 1 aliphatic rings. The van der Waals surface area contributed by atoms with Gasteiger partial charge in [-0.3, -0.25) is 4.79 Å². The Hall–Kier alpha value is -2.69. The predicted molar refractivity (Wildman–Crippen MR) is 87.2 cm³/mol. The minimum atomic E-state index is -0.678. The molecular formula is C18H19NO4. The quantitative estimate of drug-likeness (QED) is 0.940. The number of benzene rings is 2. The molecule has 0 spiro atoms. The highest BCUT2D eigenvalue weighted by Gasteiger charge is 2.30. The Bertz CT molecular complexity index is 722. The summed E-state index contributed by atoms with van der Waals surface area (Å²) in [6, 6.07) is 12.9. The summed E-state index contributed by atoms with van der Waals surface area (Å²) in [7, 11) is 1.62. The third-order valence-corrected chi connectivity index (χ3v) is 4.01. The van der Waals surface area contributed by atoms with Crippen LogP contribution in [0.25, 0.3) is 0 Å². The van der Waals surface area contributed by atoms with Gasteiger partial charge in [-0.2, -0.15) is 0 Å². The Morgan fingerprint density at radius 1 is 1.09 bits per heavy atom. The second-order valence-electron chi connectivity index (χ2n) is 5.88. The van der Waals surface area contributed by atoms with Crippen LogP contribution in [0, 0.1) is 0 Å². The molecule has 0 fully saturated rings. The van der Waals surface area contributed by atoms with Crippen molar-refractivity contribution in [2.45, 2.75) is 19.3 Å². The maximum Gasteiger partial charge on any atom is 0.234 e. The fourth-order valence-electron chi connectivity index (χ4n) is 2.40. The van der Waals surface area contributed by atoms with Crippen molar-refractivity contribution in [3.63, 3.8) is 0 Å². The van der Waals surface area contributed by atoms with Crippen LogP contribution in [0.5, 0.6) is 17.2 Å². The van der Waals surface area contributed by atoms with Gasteiger partial charge >= 0.3 is 0 Å². The average molecular weight is 313 g/mol. The molecule has 5 nitrogen and oxygen atoms in total. The van der Waals surface area contributed by atoms with E-state index in [0.717, 1.165) is 11.3 Å². The van der Waals surface area contributed by atoms with Gasteiger partial charge in [0.15, 0.2) is 11.5 Å². The van der Waals surface area contributed by atoms with E-state index in [4.69, 9.17) is 14.2 Å². The second-order valence-corrected chi connectivity index (χ2v) is 5.88. The number of carbonyl (C=O) groups excluding carboxylic acids is 1. The van der Waals surface area contributed by atoms with Gasteiger partial charge in [-0.05, 0) is 43.7 Å². The Kier molecular flexibility index (Phi) is 3.86. The predicted octanol–water partition coefficient (Wildman–Crippen LogP) is 3.34. The van der Waals surface area contributed by atoms with E-state index in [2.05, 4.69) is 5.32 Å². The highest BCUT2D eigenvalue weighted by molar-refractivity contribution is 5.98.